The summed E-state index contributed by atoms with van der Waals surface area (Å²) < 4.78 is 10.6. The molecule has 104 valence electrons. The second-order valence-corrected chi connectivity index (χ2v) is 4.95. The van der Waals surface area contributed by atoms with Crippen LogP contribution < -0.4 is 20.5 Å². The molecule has 1 aromatic carbocycles. The van der Waals surface area contributed by atoms with Crippen LogP contribution in [0.2, 0.25) is 0 Å². The number of hydrogen-bond acceptors (Lipinski definition) is 4. The second-order valence-electron chi connectivity index (χ2n) is 4.95. The fraction of sp³-hybridized carbons (Fsp3) is 0.500. The molecule has 0 fully saturated rings. The smallest absolute Gasteiger partial charge is 0.231 e. The molecule has 1 aliphatic rings. The van der Waals surface area contributed by atoms with E-state index in [1.54, 1.807) is 0 Å². The number of carbonyl (C=O) groups excluding carboxylic acids is 1. The van der Waals surface area contributed by atoms with Gasteiger partial charge >= 0.3 is 0 Å². The Morgan fingerprint density at radius 1 is 1.42 bits per heavy atom. The molecule has 1 unspecified atom stereocenters. The molecule has 0 saturated carbocycles. The lowest BCUT2D eigenvalue weighted by atomic mass is 10.1. The zero-order valence-corrected chi connectivity index (χ0v) is 11.4. The number of aryl methyl sites for hydroxylation is 1. The highest BCUT2D eigenvalue weighted by Crippen LogP contribution is 2.34. The average molecular weight is 264 g/mol. The van der Waals surface area contributed by atoms with Crippen molar-refractivity contribution in [3.05, 3.63) is 23.3 Å². The fourth-order valence-corrected chi connectivity index (χ4v) is 1.94. The minimum atomic E-state index is 0.0232. The number of fused-ring (bicyclic) bond motifs is 1. The fourth-order valence-electron chi connectivity index (χ4n) is 1.94. The molecule has 0 radical (unpaired) electrons. The van der Waals surface area contributed by atoms with Crippen molar-refractivity contribution in [2.24, 2.45) is 11.7 Å². The Balaban J connectivity index is 1.94. The third-order valence-corrected chi connectivity index (χ3v) is 3.24. The van der Waals surface area contributed by atoms with Crippen LogP contribution in [0.3, 0.4) is 0 Å². The zero-order chi connectivity index (χ0) is 13.8. The van der Waals surface area contributed by atoms with E-state index in [4.69, 9.17) is 15.2 Å². The van der Waals surface area contributed by atoms with E-state index in [2.05, 4.69) is 5.32 Å². The van der Waals surface area contributed by atoms with Crippen molar-refractivity contribution in [3.8, 4) is 11.5 Å². The van der Waals surface area contributed by atoms with Crippen molar-refractivity contribution in [3.63, 3.8) is 0 Å². The lowest BCUT2D eigenvalue weighted by Crippen LogP contribution is -2.26. The van der Waals surface area contributed by atoms with Crippen LogP contribution >= 0.6 is 0 Å². The van der Waals surface area contributed by atoms with E-state index in [-0.39, 0.29) is 18.6 Å². The van der Waals surface area contributed by atoms with Crippen LogP contribution in [0.1, 0.15) is 24.5 Å². The summed E-state index contributed by atoms with van der Waals surface area (Å²) >= 11 is 0. The molecule has 0 aliphatic carbocycles. The van der Waals surface area contributed by atoms with E-state index >= 15 is 0 Å². The van der Waals surface area contributed by atoms with Crippen LogP contribution in [-0.4, -0.2) is 19.2 Å². The molecule has 0 saturated heterocycles. The molecule has 0 aromatic heterocycles. The van der Waals surface area contributed by atoms with Gasteiger partial charge in [-0.25, -0.2) is 0 Å². The molecular formula is C14H20N2O3. The summed E-state index contributed by atoms with van der Waals surface area (Å²) in [6.07, 6.45) is 0.458. The van der Waals surface area contributed by atoms with E-state index in [0.29, 0.717) is 19.5 Å². The number of nitrogens with one attached hydrogen (secondary N) is 1. The molecule has 5 nitrogen and oxygen atoms in total. The van der Waals surface area contributed by atoms with Gasteiger partial charge in [-0.05, 0) is 42.6 Å². The highest BCUT2D eigenvalue weighted by Gasteiger charge is 2.16. The number of hydrogen-bond donors (Lipinski definition) is 2. The van der Waals surface area contributed by atoms with E-state index < -0.39 is 0 Å². The predicted octanol–water partition coefficient (Wildman–Crippen LogP) is 1.32. The van der Waals surface area contributed by atoms with Gasteiger partial charge in [-0.3, -0.25) is 4.79 Å². The molecule has 5 heteroatoms. The van der Waals surface area contributed by atoms with Crippen LogP contribution in [0.4, 0.5) is 0 Å². The van der Waals surface area contributed by atoms with Gasteiger partial charge in [0, 0.05) is 13.0 Å². The summed E-state index contributed by atoms with van der Waals surface area (Å²) in [5.74, 6) is 1.74. The van der Waals surface area contributed by atoms with Gasteiger partial charge in [0.25, 0.3) is 0 Å². The van der Waals surface area contributed by atoms with Crippen molar-refractivity contribution in [2.75, 3.05) is 13.3 Å². The summed E-state index contributed by atoms with van der Waals surface area (Å²) in [5, 5.41) is 2.91. The van der Waals surface area contributed by atoms with Crippen molar-refractivity contribution in [1.29, 1.82) is 0 Å². The summed E-state index contributed by atoms with van der Waals surface area (Å²) in [5.41, 5.74) is 7.62. The SMILES string of the molecule is Cc1cc2c(cc1CNC(=O)CC(C)CN)OCO2. The van der Waals surface area contributed by atoms with E-state index in [1.807, 2.05) is 26.0 Å². The van der Waals surface area contributed by atoms with Crippen molar-refractivity contribution in [2.45, 2.75) is 26.8 Å². The van der Waals surface area contributed by atoms with Crippen LogP contribution in [0, 0.1) is 12.8 Å². The van der Waals surface area contributed by atoms with Gasteiger partial charge in [0.15, 0.2) is 11.5 Å². The van der Waals surface area contributed by atoms with Gasteiger partial charge in [-0.1, -0.05) is 6.92 Å². The van der Waals surface area contributed by atoms with Crippen molar-refractivity contribution >= 4 is 5.91 Å². The van der Waals surface area contributed by atoms with E-state index in [9.17, 15) is 4.79 Å². The summed E-state index contributed by atoms with van der Waals surface area (Å²) in [6, 6.07) is 3.86. The number of amides is 1. The summed E-state index contributed by atoms with van der Waals surface area (Å²) in [6.45, 7) is 5.24. The van der Waals surface area contributed by atoms with E-state index in [0.717, 1.165) is 22.6 Å². The van der Waals surface area contributed by atoms with Gasteiger partial charge in [0.1, 0.15) is 0 Å². The van der Waals surface area contributed by atoms with Gasteiger partial charge in [0.2, 0.25) is 12.7 Å². The first kappa shape index (κ1) is 13.7. The monoisotopic (exact) mass is 264 g/mol. The first-order valence-corrected chi connectivity index (χ1v) is 6.46. The Bertz CT molecular complexity index is 474. The molecule has 0 bridgehead atoms. The van der Waals surface area contributed by atoms with Crippen LogP contribution in [-0.2, 0) is 11.3 Å². The summed E-state index contributed by atoms with van der Waals surface area (Å²) in [7, 11) is 0. The molecule has 1 heterocycles. The topological polar surface area (TPSA) is 73.6 Å². The number of carbonyl (C=O) groups is 1. The molecule has 1 aliphatic heterocycles. The maximum Gasteiger partial charge on any atom is 0.231 e. The first-order valence-electron chi connectivity index (χ1n) is 6.46. The largest absolute Gasteiger partial charge is 0.454 e. The molecule has 3 N–H and O–H groups in total. The third-order valence-electron chi connectivity index (χ3n) is 3.24. The van der Waals surface area contributed by atoms with E-state index in [1.165, 1.54) is 0 Å². The first-order chi connectivity index (χ1) is 9.10. The van der Waals surface area contributed by atoms with Crippen LogP contribution in [0.5, 0.6) is 11.5 Å². The van der Waals surface area contributed by atoms with Crippen molar-refractivity contribution < 1.29 is 14.3 Å². The quantitative estimate of drug-likeness (QED) is 0.841. The number of benzene rings is 1. The minimum Gasteiger partial charge on any atom is -0.454 e. The van der Waals surface area contributed by atoms with Crippen molar-refractivity contribution in [1.82, 2.24) is 5.32 Å². The highest BCUT2D eigenvalue weighted by atomic mass is 16.7. The van der Waals surface area contributed by atoms with Gasteiger partial charge in [0.05, 0.1) is 0 Å². The van der Waals surface area contributed by atoms with Crippen LogP contribution in [0.15, 0.2) is 12.1 Å². The molecule has 2 rings (SSSR count). The normalized spacial score (nSPS) is 14.3. The average Bonchev–Trinajstić information content (AvgIpc) is 2.82. The molecular weight excluding hydrogens is 244 g/mol. The minimum absolute atomic E-state index is 0.0232. The number of nitrogens with two attached hydrogens (primary N) is 1. The molecule has 1 atom stereocenters. The molecule has 0 spiro atoms. The Morgan fingerprint density at radius 2 is 2.11 bits per heavy atom. The molecule has 1 amide bonds. The second kappa shape index (κ2) is 5.93. The lowest BCUT2D eigenvalue weighted by molar-refractivity contribution is -0.122. The Hall–Kier alpha value is -1.75. The van der Waals surface area contributed by atoms with Gasteiger partial charge < -0.3 is 20.5 Å². The van der Waals surface area contributed by atoms with Crippen LogP contribution in [0.25, 0.3) is 0 Å². The maximum absolute atomic E-state index is 11.7. The lowest BCUT2D eigenvalue weighted by Gasteiger charge is -2.11. The molecule has 19 heavy (non-hydrogen) atoms. The summed E-state index contributed by atoms with van der Waals surface area (Å²) in [4.78, 5) is 11.7. The zero-order valence-electron chi connectivity index (χ0n) is 11.4. The van der Waals surface area contributed by atoms with Gasteiger partial charge in [-0.2, -0.15) is 0 Å². The number of rotatable bonds is 5. The third kappa shape index (κ3) is 3.38. The highest BCUT2D eigenvalue weighted by molar-refractivity contribution is 5.76. The Labute approximate surface area is 113 Å². The maximum atomic E-state index is 11.7. The Morgan fingerprint density at radius 3 is 2.79 bits per heavy atom. The van der Waals surface area contributed by atoms with Gasteiger partial charge in [-0.15, -0.1) is 0 Å². The Kier molecular flexibility index (Phi) is 4.27. The number of ether oxygens (including phenoxy) is 2. The molecule has 1 aromatic rings. The predicted molar refractivity (Wildman–Crippen MR) is 72.0 cm³/mol. The standard InChI is InChI=1S/C14H20N2O3/c1-9(6-15)3-14(17)16-7-11-5-13-12(4-10(11)2)18-8-19-13/h4-5,9H,3,6-8,15H2,1-2H3,(H,16,17).